The molecular formula is C23H30FN7O4. The van der Waals surface area contributed by atoms with Crippen LogP contribution in [-0.2, 0) is 4.79 Å². The Hall–Kier alpha value is -3.09. The number of ether oxygens (including phenoxy) is 1. The molecule has 0 spiro atoms. The maximum atomic E-state index is 14.3. The average Bonchev–Trinajstić information content (AvgIpc) is 3.65. The van der Waals surface area contributed by atoms with Crippen molar-refractivity contribution in [3.05, 3.63) is 23.8 Å². The predicted molar refractivity (Wildman–Crippen MR) is 124 cm³/mol. The van der Waals surface area contributed by atoms with Gasteiger partial charge in [0.05, 0.1) is 29.1 Å². The third-order valence-corrected chi connectivity index (χ3v) is 8.08. The number of nitrogens with two attached hydrogens (primary N) is 2. The molecule has 0 radical (unpaired) electrons. The molecule has 2 aromatic heterocycles. The maximum absolute atomic E-state index is 14.3. The van der Waals surface area contributed by atoms with Gasteiger partial charge in [0.25, 0.3) is 0 Å². The highest BCUT2D eigenvalue weighted by Crippen LogP contribution is 2.83. The van der Waals surface area contributed by atoms with Crippen molar-refractivity contribution in [1.82, 2.24) is 25.0 Å². The van der Waals surface area contributed by atoms with E-state index in [1.54, 1.807) is 27.7 Å². The highest BCUT2D eigenvalue weighted by Gasteiger charge is 2.85. The number of nitrogens with one attached hydrogen (secondary N) is 1. The number of amides is 1. The number of hydrazine groups is 1. The van der Waals surface area contributed by atoms with Crippen LogP contribution in [0.25, 0.3) is 16.6 Å². The van der Waals surface area contributed by atoms with Gasteiger partial charge in [-0.1, -0.05) is 0 Å². The van der Waals surface area contributed by atoms with E-state index in [9.17, 15) is 19.4 Å². The molecule has 4 atom stereocenters. The number of nitrogen functional groups attached to an aromatic ring is 1. The summed E-state index contributed by atoms with van der Waals surface area (Å²) in [5.74, 6) is 4.28. The average molecular weight is 488 g/mol. The summed E-state index contributed by atoms with van der Waals surface area (Å²) in [6.45, 7) is 6.56. The Labute approximate surface area is 200 Å². The first-order valence-corrected chi connectivity index (χ1v) is 11.4. The van der Waals surface area contributed by atoms with E-state index < -0.39 is 45.6 Å². The van der Waals surface area contributed by atoms with Gasteiger partial charge in [-0.3, -0.25) is 10.2 Å². The van der Waals surface area contributed by atoms with E-state index in [-0.39, 0.29) is 17.3 Å². The molecule has 5 rings (SSSR count). The number of methoxy groups -OCH3 is 1. The molecule has 35 heavy (non-hydrogen) atoms. The van der Waals surface area contributed by atoms with E-state index in [0.29, 0.717) is 29.6 Å². The number of aliphatic hydroxyl groups is 2. The van der Waals surface area contributed by atoms with Crippen LogP contribution in [0.1, 0.15) is 52.3 Å². The van der Waals surface area contributed by atoms with Gasteiger partial charge < -0.3 is 20.7 Å². The van der Waals surface area contributed by atoms with Gasteiger partial charge in [0.1, 0.15) is 17.1 Å². The second-order valence-corrected chi connectivity index (χ2v) is 10.8. The normalized spacial score (nSPS) is 28.4. The number of fused-ring (bicyclic) bond motifs is 3. The molecule has 2 aliphatic rings. The number of rotatable bonds is 6. The van der Waals surface area contributed by atoms with Crippen LogP contribution in [0.5, 0.6) is 5.75 Å². The van der Waals surface area contributed by atoms with E-state index in [2.05, 4.69) is 20.5 Å². The highest BCUT2D eigenvalue weighted by atomic mass is 19.1. The zero-order valence-corrected chi connectivity index (χ0v) is 20.3. The summed E-state index contributed by atoms with van der Waals surface area (Å²) in [5.41, 5.74) is 4.38. The molecule has 188 valence electrons. The summed E-state index contributed by atoms with van der Waals surface area (Å²) in [5, 5.41) is 27.1. The number of carbonyl (C=O) groups excluding carboxylic acids is 1. The smallest absolute Gasteiger partial charge is 0.241 e. The highest BCUT2D eigenvalue weighted by molar-refractivity contribution is 5.96. The van der Waals surface area contributed by atoms with E-state index in [4.69, 9.17) is 16.3 Å². The minimum atomic E-state index is -1.34. The summed E-state index contributed by atoms with van der Waals surface area (Å²) >= 11 is 0. The predicted octanol–water partition coefficient (Wildman–Crippen LogP) is 1.02. The monoisotopic (exact) mass is 487 g/mol. The Kier molecular flexibility index (Phi) is 4.72. The number of hydrogen-bond donors (Lipinski definition) is 5. The molecule has 1 amide bonds. The lowest BCUT2D eigenvalue weighted by atomic mass is 9.69. The molecule has 2 saturated carbocycles. The fourth-order valence-electron chi connectivity index (χ4n) is 6.47. The molecule has 0 saturated heterocycles. The summed E-state index contributed by atoms with van der Waals surface area (Å²) < 4.78 is 20.9. The molecule has 2 fully saturated rings. The van der Waals surface area contributed by atoms with Gasteiger partial charge >= 0.3 is 0 Å². The fraction of sp³-hybridized carbons (Fsp3) is 0.565. The first-order chi connectivity index (χ1) is 16.2. The fourth-order valence-corrected chi connectivity index (χ4v) is 6.47. The van der Waals surface area contributed by atoms with Gasteiger partial charge in [0.2, 0.25) is 11.9 Å². The van der Waals surface area contributed by atoms with Crippen LogP contribution in [0.2, 0.25) is 0 Å². The van der Waals surface area contributed by atoms with Crippen LogP contribution < -0.4 is 21.7 Å². The van der Waals surface area contributed by atoms with Crippen molar-refractivity contribution in [2.75, 3.05) is 12.8 Å². The molecule has 4 unspecified atom stereocenters. The zero-order valence-electron chi connectivity index (χ0n) is 20.3. The number of hydrogen-bond acceptors (Lipinski definition) is 9. The molecule has 7 N–H and O–H groups in total. The Morgan fingerprint density at radius 2 is 1.94 bits per heavy atom. The number of benzene rings is 1. The molecular weight excluding hydrogens is 457 g/mol. The molecule has 1 aromatic carbocycles. The van der Waals surface area contributed by atoms with Crippen LogP contribution in [0.4, 0.5) is 10.3 Å². The van der Waals surface area contributed by atoms with Crippen LogP contribution in [0.3, 0.4) is 0 Å². The number of aromatic nitrogens is 4. The topological polar surface area (TPSA) is 174 Å². The second-order valence-electron chi connectivity index (χ2n) is 10.8. The van der Waals surface area contributed by atoms with E-state index in [1.165, 1.54) is 23.8 Å². The molecule has 0 bridgehead atoms. The van der Waals surface area contributed by atoms with Crippen LogP contribution >= 0.6 is 0 Å². The van der Waals surface area contributed by atoms with Crippen molar-refractivity contribution in [1.29, 1.82) is 0 Å². The lowest BCUT2D eigenvalue weighted by molar-refractivity contribution is -0.140. The first kappa shape index (κ1) is 23.6. The minimum absolute atomic E-state index is 0.0286. The Morgan fingerprint density at radius 1 is 1.26 bits per heavy atom. The minimum Gasteiger partial charge on any atom is -0.494 e. The zero-order chi connectivity index (χ0) is 25.7. The standard InChI is InChI=1S/C23H30FN7O4/c1-20(2,33)14-9-22(14,18(32)29-26)23(21(3,4)34)8-12(23)16-28-17-11-6-10(24)7-13(35-5)15(11)27-19(25)31(17)30-16/h6-7,12,14,33-34H,8-9,26H2,1-5H3,(H2,25,27)(H,29,32). The largest absolute Gasteiger partial charge is 0.494 e. The summed E-state index contributed by atoms with van der Waals surface area (Å²) in [6.07, 6.45) is 0.735. The summed E-state index contributed by atoms with van der Waals surface area (Å²) in [7, 11) is 1.41. The van der Waals surface area contributed by atoms with E-state index >= 15 is 0 Å². The van der Waals surface area contributed by atoms with Gasteiger partial charge in [-0.25, -0.2) is 20.2 Å². The van der Waals surface area contributed by atoms with Gasteiger partial charge in [-0.15, -0.1) is 5.10 Å². The van der Waals surface area contributed by atoms with Crippen molar-refractivity contribution < 1.29 is 24.1 Å². The van der Waals surface area contributed by atoms with E-state index in [1.807, 2.05) is 0 Å². The van der Waals surface area contributed by atoms with Crippen LogP contribution in [-0.4, -0.2) is 54.0 Å². The molecule has 2 heterocycles. The molecule has 2 aliphatic carbocycles. The Balaban J connectivity index is 1.69. The SMILES string of the molecule is COc1cc(F)cc2c1nc(N)n1nc(C3CC3(C(C)(C)O)C3(C(=O)NN)CC3C(C)(C)O)nc21. The van der Waals surface area contributed by atoms with Gasteiger partial charge in [0.15, 0.2) is 11.5 Å². The quantitative estimate of drug-likeness (QED) is 0.193. The molecule has 3 aromatic rings. The molecule has 12 heteroatoms. The van der Waals surface area contributed by atoms with Gasteiger partial charge in [-0.05, 0) is 46.6 Å². The lowest BCUT2D eigenvalue weighted by Crippen LogP contribution is -2.52. The number of halogens is 1. The third-order valence-electron chi connectivity index (χ3n) is 8.08. The maximum Gasteiger partial charge on any atom is 0.241 e. The van der Waals surface area contributed by atoms with Crippen LogP contribution in [0, 0.1) is 22.6 Å². The third kappa shape index (κ3) is 2.99. The van der Waals surface area contributed by atoms with Crippen LogP contribution in [0.15, 0.2) is 12.1 Å². The molecule has 11 nitrogen and oxygen atoms in total. The van der Waals surface area contributed by atoms with Gasteiger partial charge in [0, 0.05) is 23.3 Å². The van der Waals surface area contributed by atoms with Crippen molar-refractivity contribution in [2.24, 2.45) is 22.6 Å². The lowest BCUT2D eigenvalue weighted by Gasteiger charge is -2.39. The first-order valence-electron chi connectivity index (χ1n) is 11.4. The molecule has 0 aliphatic heterocycles. The van der Waals surface area contributed by atoms with Crippen molar-refractivity contribution in [3.8, 4) is 5.75 Å². The number of nitrogens with zero attached hydrogens (tertiary/aromatic N) is 4. The number of carbonyl (C=O) groups is 1. The summed E-state index contributed by atoms with van der Waals surface area (Å²) in [6, 6.07) is 2.49. The van der Waals surface area contributed by atoms with Crippen molar-refractivity contribution in [3.63, 3.8) is 0 Å². The van der Waals surface area contributed by atoms with E-state index in [0.717, 1.165) is 0 Å². The van der Waals surface area contributed by atoms with Gasteiger partial charge in [-0.2, -0.15) is 4.52 Å². The van der Waals surface area contributed by atoms with Crippen molar-refractivity contribution in [2.45, 2.75) is 57.7 Å². The Morgan fingerprint density at radius 3 is 2.49 bits per heavy atom. The van der Waals surface area contributed by atoms with Crippen molar-refractivity contribution >= 4 is 28.4 Å². The second kappa shape index (κ2) is 6.99. The number of anilines is 1. The Bertz CT molecular complexity index is 1380. The summed E-state index contributed by atoms with van der Waals surface area (Å²) in [4.78, 5) is 22.2.